The Morgan fingerprint density at radius 1 is 1.18 bits per heavy atom. The summed E-state index contributed by atoms with van der Waals surface area (Å²) in [5.41, 5.74) is 4.08. The quantitative estimate of drug-likeness (QED) is 0.664. The van der Waals surface area contributed by atoms with Crippen molar-refractivity contribution in [3.8, 4) is 17.1 Å². The highest BCUT2D eigenvalue weighted by Gasteiger charge is 2.35. The lowest BCUT2D eigenvalue weighted by Crippen LogP contribution is -2.24. The maximum atomic E-state index is 12.6. The Balaban J connectivity index is 1.57. The maximum Gasteiger partial charge on any atom is 0.232 e. The zero-order chi connectivity index (χ0) is 19.7. The van der Waals surface area contributed by atoms with Crippen molar-refractivity contribution in [2.24, 2.45) is 0 Å². The van der Waals surface area contributed by atoms with Crippen molar-refractivity contribution in [3.63, 3.8) is 0 Å². The Labute approximate surface area is 164 Å². The van der Waals surface area contributed by atoms with Gasteiger partial charge in [-0.25, -0.2) is 0 Å². The number of ether oxygens (including phenoxy) is 1. The van der Waals surface area contributed by atoms with E-state index < -0.39 is 0 Å². The highest BCUT2D eigenvalue weighted by atomic mass is 16.5. The molecule has 1 unspecified atom stereocenters. The van der Waals surface area contributed by atoms with Gasteiger partial charge in [-0.05, 0) is 56.2 Å². The van der Waals surface area contributed by atoms with Crippen molar-refractivity contribution < 1.29 is 14.1 Å². The van der Waals surface area contributed by atoms with Crippen LogP contribution in [0.25, 0.3) is 11.4 Å². The highest BCUT2D eigenvalue weighted by Crippen LogP contribution is 2.34. The van der Waals surface area contributed by atoms with Crippen LogP contribution in [0.2, 0.25) is 0 Å². The van der Waals surface area contributed by atoms with E-state index in [9.17, 15) is 4.79 Å². The van der Waals surface area contributed by atoms with Crippen LogP contribution in [0, 0.1) is 13.8 Å². The van der Waals surface area contributed by atoms with Crippen LogP contribution in [0.1, 0.15) is 36.3 Å². The number of aryl methyl sites for hydroxylation is 2. The SMILES string of the molecule is CCOc1ccccc1-c1noc(C2CC(=O)N(c3ccc(C)c(C)c3)C2)n1. The molecule has 3 aromatic rings. The summed E-state index contributed by atoms with van der Waals surface area (Å²) in [5, 5.41) is 4.13. The number of nitrogens with zero attached hydrogens (tertiary/aromatic N) is 3. The van der Waals surface area contributed by atoms with E-state index in [0.29, 0.717) is 31.3 Å². The Morgan fingerprint density at radius 3 is 2.79 bits per heavy atom. The first-order valence-corrected chi connectivity index (χ1v) is 9.50. The highest BCUT2D eigenvalue weighted by molar-refractivity contribution is 5.96. The number of hydrogen-bond donors (Lipinski definition) is 0. The smallest absolute Gasteiger partial charge is 0.232 e. The lowest BCUT2D eigenvalue weighted by atomic mass is 10.1. The molecule has 1 amide bonds. The van der Waals surface area contributed by atoms with Gasteiger partial charge in [0.05, 0.1) is 18.1 Å². The van der Waals surface area contributed by atoms with E-state index in [1.165, 1.54) is 11.1 Å². The molecule has 1 aliphatic rings. The number of rotatable bonds is 5. The van der Waals surface area contributed by atoms with Gasteiger partial charge in [-0.15, -0.1) is 0 Å². The summed E-state index contributed by atoms with van der Waals surface area (Å²) in [6.07, 6.45) is 0.363. The average molecular weight is 377 g/mol. The lowest BCUT2D eigenvalue weighted by Gasteiger charge is -2.17. The van der Waals surface area contributed by atoms with Crippen molar-refractivity contribution in [2.45, 2.75) is 33.1 Å². The molecule has 2 aromatic carbocycles. The van der Waals surface area contributed by atoms with Crippen LogP contribution in [0.3, 0.4) is 0 Å². The number of hydrogen-bond acceptors (Lipinski definition) is 5. The van der Waals surface area contributed by atoms with Gasteiger partial charge >= 0.3 is 0 Å². The largest absolute Gasteiger partial charge is 0.493 e. The Bertz CT molecular complexity index is 1010. The zero-order valence-electron chi connectivity index (χ0n) is 16.3. The van der Waals surface area contributed by atoms with Crippen molar-refractivity contribution in [2.75, 3.05) is 18.1 Å². The molecular formula is C22H23N3O3. The third-order valence-corrected chi connectivity index (χ3v) is 5.15. The van der Waals surface area contributed by atoms with Crippen LogP contribution >= 0.6 is 0 Å². The van der Waals surface area contributed by atoms with Gasteiger partial charge in [0.1, 0.15) is 5.75 Å². The molecule has 1 saturated heterocycles. The van der Waals surface area contributed by atoms with Gasteiger partial charge in [-0.1, -0.05) is 23.4 Å². The molecule has 2 heterocycles. The van der Waals surface area contributed by atoms with Crippen LogP contribution in [0.4, 0.5) is 5.69 Å². The molecule has 0 aliphatic carbocycles. The van der Waals surface area contributed by atoms with Crippen molar-refractivity contribution in [3.05, 3.63) is 59.5 Å². The third kappa shape index (κ3) is 3.38. The van der Waals surface area contributed by atoms with Gasteiger partial charge in [0.25, 0.3) is 0 Å². The number of aromatic nitrogens is 2. The van der Waals surface area contributed by atoms with Crippen LogP contribution in [0.5, 0.6) is 5.75 Å². The first kappa shape index (κ1) is 18.2. The molecule has 0 spiro atoms. The molecule has 0 radical (unpaired) electrons. The summed E-state index contributed by atoms with van der Waals surface area (Å²) < 4.78 is 11.2. The second kappa shape index (κ2) is 7.46. The van der Waals surface area contributed by atoms with Gasteiger partial charge in [-0.2, -0.15) is 4.98 Å². The van der Waals surface area contributed by atoms with Gasteiger partial charge in [0.2, 0.25) is 17.6 Å². The number of carbonyl (C=O) groups is 1. The number of carbonyl (C=O) groups excluding carboxylic acids is 1. The molecule has 0 bridgehead atoms. The van der Waals surface area contributed by atoms with Crippen molar-refractivity contribution in [1.29, 1.82) is 0 Å². The molecule has 1 atom stereocenters. The summed E-state index contributed by atoms with van der Waals surface area (Å²) >= 11 is 0. The zero-order valence-corrected chi connectivity index (χ0v) is 16.3. The predicted octanol–water partition coefficient (Wildman–Crippen LogP) is 4.27. The maximum absolute atomic E-state index is 12.6. The summed E-state index contributed by atoms with van der Waals surface area (Å²) in [7, 11) is 0. The molecule has 1 fully saturated rings. The van der Waals surface area contributed by atoms with Gasteiger partial charge in [0.15, 0.2) is 0 Å². The molecule has 4 rings (SSSR count). The molecule has 144 valence electrons. The molecule has 1 aliphatic heterocycles. The topological polar surface area (TPSA) is 68.5 Å². The van der Waals surface area contributed by atoms with Gasteiger partial charge < -0.3 is 14.2 Å². The monoisotopic (exact) mass is 377 g/mol. The normalized spacial score (nSPS) is 16.6. The summed E-state index contributed by atoms with van der Waals surface area (Å²) in [4.78, 5) is 19.0. The van der Waals surface area contributed by atoms with E-state index in [1.807, 2.05) is 49.4 Å². The van der Waals surface area contributed by atoms with E-state index in [-0.39, 0.29) is 11.8 Å². The first-order valence-electron chi connectivity index (χ1n) is 9.50. The van der Waals surface area contributed by atoms with E-state index in [2.05, 4.69) is 24.0 Å². The number of anilines is 1. The van der Waals surface area contributed by atoms with Gasteiger partial charge in [-0.3, -0.25) is 4.79 Å². The van der Waals surface area contributed by atoms with Crippen LogP contribution in [-0.2, 0) is 4.79 Å². The van der Waals surface area contributed by atoms with Crippen LogP contribution < -0.4 is 9.64 Å². The Hall–Kier alpha value is -3.15. The van der Waals surface area contributed by atoms with Crippen molar-refractivity contribution in [1.82, 2.24) is 10.1 Å². The fraction of sp³-hybridized carbons (Fsp3) is 0.318. The molecule has 6 nitrogen and oxygen atoms in total. The molecule has 6 heteroatoms. The second-order valence-corrected chi connectivity index (χ2v) is 7.06. The minimum absolute atomic E-state index is 0.0720. The van der Waals surface area contributed by atoms with E-state index in [4.69, 9.17) is 9.26 Å². The van der Waals surface area contributed by atoms with E-state index in [0.717, 1.165) is 17.0 Å². The first-order chi connectivity index (χ1) is 13.6. The summed E-state index contributed by atoms with van der Waals surface area (Å²) in [6, 6.07) is 13.7. The minimum atomic E-state index is -0.116. The van der Waals surface area contributed by atoms with Crippen LogP contribution in [-0.4, -0.2) is 29.2 Å². The minimum Gasteiger partial charge on any atom is -0.493 e. The fourth-order valence-electron chi connectivity index (χ4n) is 3.46. The molecule has 0 N–H and O–H groups in total. The summed E-state index contributed by atoms with van der Waals surface area (Å²) in [6.45, 7) is 7.15. The Kier molecular flexibility index (Phi) is 4.86. The predicted molar refractivity (Wildman–Crippen MR) is 107 cm³/mol. The standard InChI is InChI=1S/C22H23N3O3/c1-4-27-19-8-6-5-7-18(19)21-23-22(28-24-21)16-12-20(26)25(13-16)17-10-9-14(2)15(3)11-17/h5-11,16H,4,12-13H2,1-3H3. The second-order valence-electron chi connectivity index (χ2n) is 7.06. The van der Waals surface area contributed by atoms with Crippen LogP contribution in [0.15, 0.2) is 47.0 Å². The van der Waals surface area contributed by atoms with E-state index in [1.54, 1.807) is 4.90 Å². The number of para-hydroxylation sites is 1. The number of amides is 1. The summed E-state index contributed by atoms with van der Waals surface area (Å²) in [5.74, 6) is 1.64. The average Bonchev–Trinajstić information content (AvgIpc) is 3.32. The van der Waals surface area contributed by atoms with Crippen molar-refractivity contribution >= 4 is 11.6 Å². The molecule has 0 saturated carbocycles. The number of benzene rings is 2. The van der Waals surface area contributed by atoms with Gasteiger partial charge in [0, 0.05) is 18.7 Å². The molecule has 28 heavy (non-hydrogen) atoms. The molecular weight excluding hydrogens is 354 g/mol. The van der Waals surface area contributed by atoms with E-state index >= 15 is 0 Å². The Morgan fingerprint density at radius 2 is 2.00 bits per heavy atom. The fourth-order valence-corrected chi connectivity index (χ4v) is 3.46. The lowest BCUT2D eigenvalue weighted by molar-refractivity contribution is -0.117. The third-order valence-electron chi connectivity index (χ3n) is 5.15. The molecule has 1 aromatic heterocycles.